The van der Waals surface area contributed by atoms with Crippen LogP contribution < -0.4 is 5.32 Å². The standard InChI is InChI=1S/C25H29N3O5S/c1-18(24(30)26-20-11-5-6-12-20)27(16-15-19-9-3-2-4-10-19)23(29)17-28-25(31)21-13-7-8-14-22(21)34(28,32)33/h2-4,7-10,13-14,18,20H,5-6,11-12,15-17H2,1H3,(H,26,30)/t18-/m0/s1. The normalized spacial score (nSPS) is 17.9. The van der Waals surface area contributed by atoms with Gasteiger partial charge in [-0.05, 0) is 43.9 Å². The van der Waals surface area contributed by atoms with Gasteiger partial charge in [0.25, 0.3) is 15.9 Å². The summed E-state index contributed by atoms with van der Waals surface area (Å²) in [4.78, 5) is 40.4. The lowest BCUT2D eigenvalue weighted by Crippen LogP contribution is -2.53. The zero-order chi connectivity index (χ0) is 24.3. The largest absolute Gasteiger partial charge is 0.352 e. The Bertz CT molecular complexity index is 1180. The second kappa shape index (κ2) is 9.97. The zero-order valence-electron chi connectivity index (χ0n) is 19.1. The van der Waals surface area contributed by atoms with E-state index in [9.17, 15) is 22.8 Å². The number of carbonyl (C=O) groups is 3. The number of rotatable bonds is 8. The minimum Gasteiger partial charge on any atom is -0.352 e. The fraction of sp³-hybridized carbons (Fsp3) is 0.400. The molecule has 0 saturated heterocycles. The van der Waals surface area contributed by atoms with Crippen LogP contribution in [0.5, 0.6) is 0 Å². The Labute approximate surface area is 200 Å². The summed E-state index contributed by atoms with van der Waals surface area (Å²) in [6, 6.07) is 14.7. The Kier molecular flexibility index (Phi) is 7.02. The molecule has 2 aromatic rings. The van der Waals surface area contributed by atoms with Crippen LogP contribution in [-0.2, 0) is 26.0 Å². The fourth-order valence-electron chi connectivity index (χ4n) is 4.56. The van der Waals surface area contributed by atoms with Crippen molar-refractivity contribution in [3.05, 3.63) is 65.7 Å². The van der Waals surface area contributed by atoms with Gasteiger partial charge < -0.3 is 10.2 Å². The first-order chi connectivity index (χ1) is 16.3. The van der Waals surface area contributed by atoms with E-state index in [1.807, 2.05) is 30.3 Å². The molecule has 0 unspecified atom stereocenters. The highest BCUT2D eigenvalue weighted by Gasteiger charge is 2.43. The Morgan fingerprint density at radius 2 is 1.71 bits per heavy atom. The Morgan fingerprint density at radius 3 is 2.38 bits per heavy atom. The average Bonchev–Trinajstić information content (AvgIpc) is 3.41. The summed E-state index contributed by atoms with van der Waals surface area (Å²) in [5.41, 5.74) is 1.04. The van der Waals surface area contributed by atoms with Gasteiger partial charge in [-0.1, -0.05) is 55.3 Å². The predicted molar refractivity (Wildman–Crippen MR) is 126 cm³/mol. The number of nitrogens with one attached hydrogen (secondary N) is 1. The van der Waals surface area contributed by atoms with Crippen molar-refractivity contribution in [1.82, 2.24) is 14.5 Å². The van der Waals surface area contributed by atoms with E-state index in [2.05, 4.69) is 5.32 Å². The molecule has 180 valence electrons. The van der Waals surface area contributed by atoms with E-state index in [0.717, 1.165) is 31.2 Å². The molecule has 9 heteroatoms. The van der Waals surface area contributed by atoms with Crippen LogP contribution in [0.25, 0.3) is 0 Å². The summed E-state index contributed by atoms with van der Waals surface area (Å²) in [5, 5.41) is 3.01. The second-order valence-corrected chi connectivity index (χ2v) is 10.6. The Hall–Kier alpha value is -3.20. The summed E-state index contributed by atoms with van der Waals surface area (Å²) in [6.07, 6.45) is 4.44. The molecule has 2 aliphatic rings. The van der Waals surface area contributed by atoms with Crippen LogP contribution in [-0.4, -0.2) is 60.5 Å². The monoisotopic (exact) mass is 483 g/mol. The van der Waals surface area contributed by atoms with Crippen molar-refractivity contribution in [2.24, 2.45) is 0 Å². The molecular formula is C25H29N3O5S. The van der Waals surface area contributed by atoms with E-state index in [1.54, 1.807) is 13.0 Å². The number of amides is 3. The summed E-state index contributed by atoms with van der Waals surface area (Å²) >= 11 is 0. The van der Waals surface area contributed by atoms with Gasteiger partial charge in [0.05, 0.1) is 5.56 Å². The maximum Gasteiger partial charge on any atom is 0.269 e. The fourth-order valence-corrected chi connectivity index (χ4v) is 6.08. The number of hydrogen-bond acceptors (Lipinski definition) is 5. The number of benzene rings is 2. The molecule has 0 bridgehead atoms. The quantitative estimate of drug-likeness (QED) is 0.621. The van der Waals surface area contributed by atoms with E-state index in [1.165, 1.54) is 23.1 Å². The van der Waals surface area contributed by atoms with Crippen molar-refractivity contribution < 1.29 is 22.8 Å². The molecule has 1 fully saturated rings. The molecule has 0 radical (unpaired) electrons. The van der Waals surface area contributed by atoms with Gasteiger partial charge in [-0.3, -0.25) is 14.4 Å². The van der Waals surface area contributed by atoms with E-state index >= 15 is 0 Å². The molecule has 3 amide bonds. The topological polar surface area (TPSA) is 104 Å². The molecule has 0 aromatic heterocycles. The van der Waals surface area contributed by atoms with Crippen molar-refractivity contribution in [2.75, 3.05) is 13.1 Å². The summed E-state index contributed by atoms with van der Waals surface area (Å²) in [7, 11) is -4.12. The van der Waals surface area contributed by atoms with E-state index in [-0.39, 0.29) is 29.0 Å². The molecule has 1 saturated carbocycles. The summed E-state index contributed by atoms with van der Waals surface area (Å²) in [6.45, 7) is 1.21. The van der Waals surface area contributed by atoms with Crippen molar-refractivity contribution >= 4 is 27.7 Å². The third kappa shape index (κ3) is 4.84. The van der Waals surface area contributed by atoms with E-state index in [4.69, 9.17) is 0 Å². The summed E-state index contributed by atoms with van der Waals surface area (Å²) < 4.78 is 26.5. The first-order valence-electron chi connectivity index (χ1n) is 11.6. The number of sulfonamides is 1. The second-order valence-electron chi connectivity index (χ2n) is 8.80. The Morgan fingerprint density at radius 1 is 1.06 bits per heavy atom. The molecule has 34 heavy (non-hydrogen) atoms. The molecule has 1 aliphatic heterocycles. The van der Waals surface area contributed by atoms with Crippen molar-refractivity contribution in [2.45, 2.75) is 56.0 Å². The molecule has 0 spiro atoms. The van der Waals surface area contributed by atoms with Crippen molar-refractivity contribution in [3.63, 3.8) is 0 Å². The molecule has 2 aromatic carbocycles. The van der Waals surface area contributed by atoms with Gasteiger partial charge in [0.2, 0.25) is 11.8 Å². The molecule has 1 atom stereocenters. The van der Waals surface area contributed by atoms with Crippen LogP contribution in [0.4, 0.5) is 0 Å². The van der Waals surface area contributed by atoms with Gasteiger partial charge in [-0.25, -0.2) is 12.7 Å². The van der Waals surface area contributed by atoms with Crippen LogP contribution in [0, 0.1) is 0 Å². The molecular weight excluding hydrogens is 454 g/mol. The predicted octanol–water partition coefficient (Wildman–Crippen LogP) is 2.35. The zero-order valence-corrected chi connectivity index (χ0v) is 20.0. The molecule has 4 rings (SSSR count). The lowest BCUT2D eigenvalue weighted by molar-refractivity contribution is -0.140. The lowest BCUT2D eigenvalue weighted by Gasteiger charge is -2.30. The number of carbonyl (C=O) groups excluding carboxylic acids is 3. The van der Waals surface area contributed by atoms with Crippen LogP contribution >= 0.6 is 0 Å². The van der Waals surface area contributed by atoms with Gasteiger partial charge in [-0.15, -0.1) is 0 Å². The maximum absolute atomic E-state index is 13.4. The van der Waals surface area contributed by atoms with Crippen LogP contribution in [0.15, 0.2) is 59.5 Å². The number of hydrogen-bond donors (Lipinski definition) is 1. The average molecular weight is 484 g/mol. The van der Waals surface area contributed by atoms with Crippen LogP contribution in [0.3, 0.4) is 0 Å². The molecule has 1 aliphatic carbocycles. The van der Waals surface area contributed by atoms with Crippen molar-refractivity contribution in [3.8, 4) is 0 Å². The highest BCUT2D eigenvalue weighted by molar-refractivity contribution is 7.90. The van der Waals surface area contributed by atoms with Crippen LogP contribution in [0.1, 0.15) is 48.5 Å². The smallest absolute Gasteiger partial charge is 0.269 e. The molecule has 1 N–H and O–H groups in total. The first-order valence-corrected chi connectivity index (χ1v) is 13.0. The van der Waals surface area contributed by atoms with Gasteiger partial charge in [0.15, 0.2) is 0 Å². The van der Waals surface area contributed by atoms with Gasteiger partial charge >= 0.3 is 0 Å². The Balaban J connectivity index is 1.53. The SMILES string of the molecule is C[C@@H](C(=O)NC1CCCC1)N(CCc1ccccc1)C(=O)CN1C(=O)c2ccccc2S1(=O)=O. The first kappa shape index (κ1) is 23.9. The molecule has 8 nitrogen and oxygen atoms in total. The third-order valence-corrected chi connectivity index (χ3v) is 8.33. The van der Waals surface area contributed by atoms with E-state index < -0.39 is 34.4 Å². The van der Waals surface area contributed by atoms with Crippen LogP contribution in [0.2, 0.25) is 0 Å². The van der Waals surface area contributed by atoms with Gasteiger partial charge in [0.1, 0.15) is 17.5 Å². The van der Waals surface area contributed by atoms with Gasteiger partial charge in [0, 0.05) is 12.6 Å². The minimum absolute atomic E-state index is 0.0539. The van der Waals surface area contributed by atoms with E-state index in [0.29, 0.717) is 10.7 Å². The molecule has 1 heterocycles. The summed E-state index contributed by atoms with van der Waals surface area (Å²) in [5.74, 6) is -1.59. The lowest BCUT2D eigenvalue weighted by atomic mass is 10.1. The highest BCUT2D eigenvalue weighted by atomic mass is 32.2. The van der Waals surface area contributed by atoms with Crippen molar-refractivity contribution in [1.29, 1.82) is 0 Å². The van der Waals surface area contributed by atoms with Gasteiger partial charge in [-0.2, -0.15) is 0 Å². The minimum atomic E-state index is -4.12. The maximum atomic E-state index is 13.4. The highest BCUT2D eigenvalue weighted by Crippen LogP contribution is 2.30. The third-order valence-electron chi connectivity index (χ3n) is 6.54. The number of nitrogens with zero attached hydrogens (tertiary/aromatic N) is 2. The number of fused-ring (bicyclic) bond motifs is 1.